The molecule has 0 fully saturated rings. The molecule has 0 radical (unpaired) electrons. The Labute approximate surface area is 126 Å². The van der Waals surface area contributed by atoms with Crippen molar-refractivity contribution in [3.05, 3.63) is 57.6 Å². The van der Waals surface area contributed by atoms with Crippen LogP contribution >= 0.6 is 11.3 Å². The van der Waals surface area contributed by atoms with Gasteiger partial charge in [0.15, 0.2) is 0 Å². The first-order valence-electron chi connectivity index (χ1n) is 6.23. The van der Waals surface area contributed by atoms with Crippen LogP contribution in [-0.2, 0) is 11.3 Å². The molecule has 2 rings (SSSR count). The Hall–Kier alpha value is -2.47. The van der Waals surface area contributed by atoms with Crippen molar-refractivity contribution in [3.8, 4) is 0 Å². The summed E-state index contributed by atoms with van der Waals surface area (Å²) in [5.74, 6) is -1.23. The SMILES string of the molecule is Cc1ccc(C=CC(=O)O)cc1C(=O)NCc1cscn1. The number of carboxylic acids is 1. The number of rotatable bonds is 5. The minimum atomic E-state index is -1.02. The molecule has 6 heteroatoms. The largest absolute Gasteiger partial charge is 0.478 e. The Morgan fingerprint density at radius 1 is 1.43 bits per heavy atom. The molecule has 0 saturated heterocycles. The highest BCUT2D eigenvalue weighted by Crippen LogP contribution is 2.13. The summed E-state index contributed by atoms with van der Waals surface area (Å²) in [6.45, 7) is 2.21. The number of nitrogens with zero attached hydrogens (tertiary/aromatic N) is 1. The predicted molar refractivity (Wildman–Crippen MR) is 81.1 cm³/mol. The zero-order chi connectivity index (χ0) is 15.2. The van der Waals surface area contributed by atoms with Crippen LogP contribution in [0, 0.1) is 6.92 Å². The fraction of sp³-hybridized carbons (Fsp3) is 0.133. The third kappa shape index (κ3) is 4.25. The first-order chi connectivity index (χ1) is 10.1. The zero-order valence-corrected chi connectivity index (χ0v) is 12.2. The quantitative estimate of drug-likeness (QED) is 0.832. The van der Waals surface area contributed by atoms with E-state index in [1.807, 2.05) is 12.3 Å². The van der Waals surface area contributed by atoms with Crippen molar-refractivity contribution in [2.24, 2.45) is 0 Å². The molecular weight excluding hydrogens is 288 g/mol. The number of aryl methyl sites for hydroxylation is 1. The van der Waals surface area contributed by atoms with E-state index in [-0.39, 0.29) is 5.91 Å². The fourth-order valence-electron chi connectivity index (χ4n) is 1.75. The average Bonchev–Trinajstić information content (AvgIpc) is 2.97. The van der Waals surface area contributed by atoms with Gasteiger partial charge in [0.1, 0.15) is 0 Å². The van der Waals surface area contributed by atoms with Gasteiger partial charge in [-0.1, -0.05) is 12.1 Å². The van der Waals surface area contributed by atoms with Crippen molar-refractivity contribution in [1.29, 1.82) is 0 Å². The molecule has 1 amide bonds. The van der Waals surface area contributed by atoms with Gasteiger partial charge in [-0.3, -0.25) is 4.79 Å². The molecule has 0 spiro atoms. The summed E-state index contributed by atoms with van der Waals surface area (Å²) in [6.07, 6.45) is 2.50. The van der Waals surface area contributed by atoms with Gasteiger partial charge < -0.3 is 10.4 Å². The summed E-state index contributed by atoms with van der Waals surface area (Å²) in [4.78, 5) is 26.8. The topological polar surface area (TPSA) is 79.3 Å². The number of amides is 1. The van der Waals surface area contributed by atoms with E-state index >= 15 is 0 Å². The summed E-state index contributed by atoms with van der Waals surface area (Å²) in [5, 5.41) is 13.3. The van der Waals surface area contributed by atoms with E-state index < -0.39 is 5.97 Å². The fourth-order valence-corrected chi connectivity index (χ4v) is 2.30. The molecule has 0 saturated carbocycles. The van der Waals surface area contributed by atoms with Crippen LogP contribution in [0.25, 0.3) is 6.08 Å². The van der Waals surface area contributed by atoms with Crippen LogP contribution < -0.4 is 5.32 Å². The van der Waals surface area contributed by atoms with Gasteiger partial charge in [0.25, 0.3) is 5.91 Å². The molecule has 1 aromatic heterocycles. The smallest absolute Gasteiger partial charge is 0.328 e. The maximum Gasteiger partial charge on any atom is 0.328 e. The second-order valence-corrected chi connectivity index (χ2v) is 5.13. The van der Waals surface area contributed by atoms with E-state index in [9.17, 15) is 9.59 Å². The van der Waals surface area contributed by atoms with E-state index in [0.717, 1.165) is 17.3 Å². The molecule has 2 aromatic rings. The first-order valence-corrected chi connectivity index (χ1v) is 7.17. The number of hydrogen-bond donors (Lipinski definition) is 2. The van der Waals surface area contributed by atoms with Gasteiger partial charge >= 0.3 is 5.97 Å². The van der Waals surface area contributed by atoms with Crippen molar-refractivity contribution in [3.63, 3.8) is 0 Å². The van der Waals surface area contributed by atoms with Crippen molar-refractivity contribution in [1.82, 2.24) is 10.3 Å². The summed E-state index contributed by atoms with van der Waals surface area (Å²) in [6, 6.07) is 5.23. The van der Waals surface area contributed by atoms with Crippen molar-refractivity contribution in [2.75, 3.05) is 0 Å². The minimum Gasteiger partial charge on any atom is -0.478 e. The zero-order valence-electron chi connectivity index (χ0n) is 11.4. The number of aliphatic carboxylic acids is 1. The normalized spacial score (nSPS) is 10.7. The summed E-state index contributed by atoms with van der Waals surface area (Å²) >= 11 is 1.47. The first kappa shape index (κ1) is 14.9. The van der Waals surface area contributed by atoms with Crippen LogP contribution in [0.5, 0.6) is 0 Å². The van der Waals surface area contributed by atoms with E-state index in [1.54, 1.807) is 23.7 Å². The predicted octanol–water partition coefficient (Wildman–Crippen LogP) is 2.48. The highest BCUT2D eigenvalue weighted by atomic mass is 32.1. The van der Waals surface area contributed by atoms with Gasteiger partial charge in [-0.25, -0.2) is 9.78 Å². The molecule has 5 nitrogen and oxygen atoms in total. The lowest BCUT2D eigenvalue weighted by Crippen LogP contribution is -2.23. The van der Waals surface area contributed by atoms with Gasteiger partial charge in [0.05, 0.1) is 17.7 Å². The third-order valence-corrected chi connectivity index (χ3v) is 3.47. The molecule has 0 bridgehead atoms. The van der Waals surface area contributed by atoms with E-state index in [1.165, 1.54) is 17.4 Å². The second-order valence-electron chi connectivity index (χ2n) is 4.41. The van der Waals surface area contributed by atoms with Crippen molar-refractivity contribution < 1.29 is 14.7 Å². The molecule has 108 valence electrons. The highest BCUT2D eigenvalue weighted by molar-refractivity contribution is 7.07. The van der Waals surface area contributed by atoms with Gasteiger partial charge in [-0.05, 0) is 30.2 Å². The molecule has 0 aliphatic heterocycles. The lowest BCUT2D eigenvalue weighted by molar-refractivity contribution is -0.131. The van der Waals surface area contributed by atoms with Gasteiger partial charge in [-0.15, -0.1) is 11.3 Å². The minimum absolute atomic E-state index is 0.203. The second kappa shape index (κ2) is 6.81. The molecule has 0 unspecified atom stereocenters. The number of carboxylic acid groups (broad SMARTS) is 1. The summed E-state index contributed by atoms with van der Waals surface area (Å²) < 4.78 is 0. The van der Waals surface area contributed by atoms with E-state index in [4.69, 9.17) is 5.11 Å². The third-order valence-electron chi connectivity index (χ3n) is 2.84. The Bertz CT molecular complexity index is 678. The Morgan fingerprint density at radius 2 is 2.24 bits per heavy atom. The maximum atomic E-state index is 12.2. The number of nitrogens with one attached hydrogen (secondary N) is 1. The molecule has 0 aliphatic rings. The summed E-state index contributed by atoms with van der Waals surface area (Å²) in [5.41, 5.74) is 4.55. The number of benzene rings is 1. The Balaban J connectivity index is 2.12. The number of thiazole rings is 1. The molecular formula is C15H14N2O3S. The lowest BCUT2D eigenvalue weighted by atomic mass is 10.0. The number of aromatic nitrogens is 1. The van der Waals surface area contributed by atoms with E-state index in [0.29, 0.717) is 17.7 Å². The molecule has 0 atom stereocenters. The van der Waals surface area contributed by atoms with Gasteiger partial charge in [0.2, 0.25) is 0 Å². The molecule has 2 N–H and O–H groups in total. The maximum absolute atomic E-state index is 12.2. The molecule has 21 heavy (non-hydrogen) atoms. The van der Waals surface area contributed by atoms with Crippen LogP contribution in [0.1, 0.15) is 27.2 Å². The summed E-state index contributed by atoms with van der Waals surface area (Å²) in [7, 11) is 0. The number of carbonyl (C=O) groups is 2. The van der Waals surface area contributed by atoms with Crippen LogP contribution in [0.15, 0.2) is 35.2 Å². The number of carbonyl (C=O) groups excluding carboxylic acids is 1. The Kier molecular flexibility index (Phi) is 4.84. The van der Waals surface area contributed by atoms with Crippen LogP contribution in [0.3, 0.4) is 0 Å². The van der Waals surface area contributed by atoms with Crippen LogP contribution in [-0.4, -0.2) is 22.0 Å². The highest BCUT2D eigenvalue weighted by Gasteiger charge is 2.09. The van der Waals surface area contributed by atoms with E-state index in [2.05, 4.69) is 10.3 Å². The lowest BCUT2D eigenvalue weighted by Gasteiger charge is -2.07. The van der Waals surface area contributed by atoms with Crippen molar-refractivity contribution >= 4 is 29.3 Å². The molecule has 1 heterocycles. The molecule has 0 aliphatic carbocycles. The molecule has 1 aromatic carbocycles. The van der Waals surface area contributed by atoms with Crippen LogP contribution in [0.4, 0.5) is 0 Å². The van der Waals surface area contributed by atoms with Gasteiger partial charge in [0, 0.05) is 17.0 Å². The van der Waals surface area contributed by atoms with Gasteiger partial charge in [-0.2, -0.15) is 0 Å². The monoisotopic (exact) mass is 302 g/mol. The van der Waals surface area contributed by atoms with Crippen LogP contribution in [0.2, 0.25) is 0 Å². The Morgan fingerprint density at radius 3 is 2.90 bits per heavy atom. The number of hydrogen-bond acceptors (Lipinski definition) is 4. The van der Waals surface area contributed by atoms with Crippen molar-refractivity contribution in [2.45, 2.75) is 13.5 Å². The standard InChI is InChI=1S/C15H14N2O3S/c1-10-2-3-11(4-5-14(18)19)6-13(10)15(20)16-7-12-8-21-9-17-12/h2-6,8-9H,7H2,1H3,(H,16,20)(H,18,19). The average molecular weight is 302 g/mol.